The molecule has 1 aromatic heterocycles. The molecular weight excluding hydrogens is 314 g/mol. The van der Waals surface area contributed by atoms with E-state index in [9.17, 15) is 4.79 Å². The summed E-state index contributed by atoms with van der Waals surface area (Å²) in [7, 11) is 0. The molecule has 3 aromatic rings. The Morgan fingerprint density at radius 2 is 2.04 bits per heavy atom. The van der Waals surface area contributed by atoms with Crippen LogP contribution in [0, 0.1) is 0 Å². The van der Waals surface area contributed by atoms with Crippen molar-refractivity contribution in [3.8, 4) is 0 Å². The fraction of sp³-hybridized carbons (Fsp3) is 0.200. The lowest BCUT2D eigenvalue weighted by atomic mass is 9.93. The molecule has 25 heavy (non-hydrogen) atoms. The predicted molar refractivity (Wildman–Crippen MR) is 97.3 cm³/mol. The van der Waals surface area contributed by atoms with Gasteiger partial charge in [0, 0.05) is 18.1 Å². The number of aromatic nitrogens is 2. The molecule has 5 nitrogen and oxygen atoms in total. The van der Waals surface area contributed by atoms with Crippen molar-refractivity contribution in [1.29, 1.82) is 0 Å². The molecule has 0 amide bonds. The van der Waals surface area contributed by atoms with Gasteiger partial charge in [0.05, 0.1) is 18.2 Å². The zero-order valence-corrected chi connectivity index (χ0v) is 14.2. The highest BCUT2D eigenvalue weighted by Gasteiger charge is 2.33. The van der Waals surface area contributed by atoms with E-state index in [0.29, 0.717) is 12.2 Å². The third-order valence-electron chi connectivity index (χ3n) is 4.51. The maximum atomic E-state index is 12.6. The van der Waals surface area contributed by atoms with E-state index < -0.39 is 0 Å². The largest absolute Gasteiger partial charge is 0.463 e. The Balaban J connectivity index is 1.89. The number of fused-ring (bicyclic) bond motifs is 2. The summed E-state index contributed by atoms with van der Waals surface area (Å²) < 4.78 is 7.29. The van der Waals surface area contributed by atoms with Crippen LogP contribution in [0.1, 0.15) is 25.5 Å². The highest BCUT2D eigenvalue weighted by atomic mass is 16.5. The van der Waals surface area contributed by atoms with Crippen molar-refractivity contribution >= 4 is 22.7 Å². The number of imidazole rings is 1. The smallest absolute Gasteiger partial charge is 0.338 e. The van der Waals surface area contributed by atoms with Gasteiger partial charge in [-0.05, 0) is 36.2 Å². The molecule has 0 bridgehead atoms. The number of carbonyl (C=O) groups is 1. The van der Waals surface area contributed by atoms with Crippen molar-refractivity contribution in [2.24, 2.45) is 0 Å². The molecule has 1 unspecified atom stereocenters. The number of rotatable bonds is 3. The number of nitrogens with zero attached hydrogens (tertiary/aromatic N) is 2. The zero-order chi connectivity index (χ0) is 17.4. The standard InChI is InChI=1S/C20H19N3O2/c1-3-25-19(24)17-13(2)22-20-21-10-11-23(20)18(17)16-9-8-14-6-4-5-7-15(14)12-16/h4-12,18H,3H2,1-2H3,(H,21,22). The van der Waals surface area contributed by atoms with Crippen molar-refractivity contribution < 1.29 is 9.53 Å². The first-order valence-electron chi connectivity index (χ1n) is 8.35. The first-order valence-corrected chi connectivity index (χ1v) is 8.35. The molecule has 0 fully saturated rings. The van der Waals surface area contributed by atoms with E-state index in [4.69, 9.17) is 4.74 Å². The Kier molecular flexibility index (Phi) is 3.76. The normalized spacial score (nSPS) is 16.5. The number of anilines is 1. The van der Waals surface area contributed by atoms with Gasteiger partial charge in [-0.3, -0.25) is 0 Å². The van der Waals surface area contributed by atoms with Crippen LogP contribution < -0.4 is 5.32 Å². The number of benzene rings is 2. The van der Waals surface area contributed by atoms with E-state index in [0.717, 1.165) is 22.6 Å². The van der Waals surface area contributed by atoms with Crippen LogP contribution in [0.2, 0.25) is 0 Å². The summed E-state index contributed by atoms with van der Waals surface area (Å²) in [5.74, 6) is 0.425. The van der Waals surface area contributed by atoms with Gasteiger partial charge in [0.25, 0.3) is 0 Å². The van der Waals surface area contributed by atoms with E-state index in [1.807, 2.05) is 36.7 Å². The van der Waals surface area contributed by atoms with Crippen molar-refractivity contribution in [1.82, 2.24) is 9.55 Å². The molecular formula is C20H19N3O2. The highest BCUT2D eigenvalue weighted by molar-refractivity contribution is 5.93. The van der Waals surface area contributed by atoms with Gasteiger partial charge in [-0.2, -0.15) is 0 Å². The van der Waals surface area contributed by atoms with Crippen molar-refractivity contribution in [3.05, 3.63) is 71.7 Å². The predicted octanol–water partition coefficient (Wildman–Crippen LogP) is 3.89. The third kappa shape index (κ3) is 2.58. The Morgan fingerprint density at radius 1 is 1.24 bits per heavy atom. The Hall–Kier alpha value is -3.08. The molecule has 2 aromatic carbocycles. The van der Waals surface area contributed by atoms with Gasteiger partial charge >= 0.3 is 5.97 Å². The van der Waals surface area contributed by atoms with Gasteiger partial charge < -0.3 is 14.6 Å². The van der Waals surface area contributed by atoms with E-state index in [1.165, 1.54) is 5.39 Å². The summed E-state index contributed by atoms with van der Waals surface area (Å²) in [6, 6.07) is 14.2. The summed E-state index contributed by atoms with van der Waals surface area (Å²) in [6.45, 7) is 4.05. The van der Waals surface area contributed by atoms with Crippen LogP contribution in [0.3, 0.4) is 0 Å². The van der Waals surface area contributed by atoms with Crippen LogP contribution in [-0.2, 0) is 9.53 Å². The second-order valence-electron chi connectivity index (χ2n) is 6.05. The average molecular weight is 333 g/mol. The SMILES string of the molecule is CCOC(=O)C1=C(C)Nc2nccn2C1c1ccc2ccccc2c1. The van der Waals surface area contributed by atoms with Gasteiger partial charge in [-0.25, -0.2) is 9.78 Å². The molecule has 1 aliphatic rings. The summed E-state index contributed by atoms with van der Waals surface area (Å²) in [4.78, 5) is 17.0. The third-order valence-corrected chi connectivity index (χ3v) is 4.51. The summed E-state index contributed by atoms with van der Waals surface area (Å²) >= 11 is 0. The fourth-order valence-corrected chi connectivity index (χ4v) is 3.38. The summed E-state index contributed by atoms with van der Waals surface area (Å²) in [6.07, 6.45) is 3.62. The minimum atomic E-state index is -0.301. The molecule has 0 aliphatic carbocycles. The maximum Gasteiger partial charge on any atom is 0.338 e. The maximum absolute atomic E-state index is 12.6. The Morgan fingerprint density at radius 3 is 2.84 bits per heavy atom. The molecule has 0 spiro atoms. The minimum Gasteiger partial charge on any atom is -0.463 e. The minimum absolute atomic E-state index is 0.262. The van der Waals surface area contributed by atoms with Crippen LogP contribution in [0.15, 0.2) is 66.1 Å². The number of esters is 1. The molecule has 2 heterocycles. The molecule has 126 valence electrons. The van der Waals surface area contributed by atoms with Gasteiger partial charge in [-0.1, -0.05) is 36.4 Å². The fourth-order valence-electron chi connectivity index (χ4n) is 3.38. The summed E-state index contributed by atoms with van der Waals surface area (Å²) in [5.41, 5.74) is 2.42. The molecule has 1 atom stereocenters. The molecule has 0 radical (unpaired) electrons. The van der Waals surface area contributed by atoms with Gasteiger partial charge in [0.1, 0.15) is 0 Å². The second-order valence-corrected chi connectivity index (χ2v) is 6.05. The van der Waals surface area contributed by atoms with Crippen LogP contribution in [0.4, 0.5) is 5.95 Å². The van der Waals surface area contributed by atoms with E-state index in [-0.39, 0.29) is 12.0 Å². The number of hydrogen-bond acceptors (Lipinski definition) is 4. The number of hydrogen-bond donors (Lipinski definition) is 1. The quantitative estimate of drug-likeness (QED) is 0.739. The van der Waals surface area contributed by atoms with Crippen LogP contribution >= 0.6 is 0 Å². The van der Waals surface area contributed by atoms with Crippen LogP contribution in [0.5, 0.6) is 0 Å². The van der Waals surface area contributed by atoms with Crippen molar-refractivity contribution in [2.75, 3.05) is 11.9 Å². The van der Waals surface area contributed by atoms with Gasteiger partial charge in [0.2, 0.25) is 5.95 Å². The first kappa shape index (κ1) is 15.4. The second kappa shape index (κ2) is 6.09. The zero-order valence-electron chi connectivity index (χ0n) is 14.2. The lowest BCUT2D eigenvalue weighted by molar-refractivity contribution is -0.139. The highest BCUT2D eigenvalue weighted by Crippen LogP contribution is 2.37. The lowest BCUT2D eigenvalue weighted by Crippen LogP contribution is -2.28. The number of nitrogens with one attached hydrogen (secondary N) is 1. The Labute approximate surface area is 145 Å². The topological polar surface area (TPSA) is 56.1 Å². The molecule has 0 saturated heterocycles. The van der Waals surface area contributed by atoms with E-state index in [2.05, 4.69) is 40.6 Å². The van der Waals surface area contributed by atoms with Crippen LogP contribution in [-0.4, -0.2) is 22.1 Å². The number of ether oxygens (including phenoxy) is 1. The molecule has 1 aliphatic heterocycles. The summed E-state index contributed by atoms with van der Waals surface area (Å²) in [5, 5.41) is 5.51. The Bertz CT molecular complexity index is 987. The van der Waals surface area contributed by atoms with E-state index in [1.54, 1.807) is 6.20 Å². The molecule has 0 saturated carbocycles. The van der Waals surface area contributed by atoms with Crippen molar-refractivity contribution in [2.45, 2.75) is 19.9 Å². The number of carbonyl (C=O) groups excluding carboxylic acids is 1. The van der Waals surface area contributed by atoms with Gasteiger partial charge in [-0.15, -0.1) is 0 Å². The van der Waals surface area contributed by atoms with Crippen molar-refractivity contribution in [3.63, 3.8) is 0 Å². The lowest BCUT2D eigenvalue weighted by Gasteiger charge is -2.29. The van der Waals surface area contributed by atoms with Crippen LogP contribution in [0.25, 0.3) is 10.8 Å². The number of allylic oxidation sites excluding steroid dienone is 1. The molecule has 1 N–H and O–H groups in total. The van der Waals surface area contributed by atoms with E-state index >= 15 is 0 Å². The first-order chi connectivity index (χ1) is 12.2. The monoisotopic (exact) mass is 333 g/mol. The molecule has 4 rings (SSSR count). The molecule has 5 heteroatoms. The average Bonchev–Trinajstić information content (AvgIpc) is 3.08. The van der Waals surface area contributed by atoms with Gasteiger partial charge in [0.15, 0.2) is 0 Å².